The molecule has 1 fully saturated rings. The zero-order chi connectivity index (χ0) is 17.2. The number of benzene rings is 1. The molecule has 1 aliphatic carbocycles. The highest BCUT2D eigenvalue weighted by Crippen LogP contribution is 2.30. The fraction of sp³-hybridized carbons (Fsp3) is 0.533. The third-order valence-electron chi connectivity index (χ3n) is 4.22. The van der Waals surface area contributed by atoms with Gasteiger partial charge in [-0.05, 0) is 48.4 Å². The zero-order valence-electron chi connectivity index (χ0n) is 13.8. The molecule has 0 saturated heterocycles. The number of rotatable bonds is 6. The van der Waals surface area contributed by atoms with E-state index in [2.05, 4.69) is 20.2 Å². The second-order valence-electron chi connectivity index (χ2n) is 5.79. The van der Waals surface area contributed by atoms with Crippen molar-refractivity contribution in [1.29, 1.82) is 0 Å². The molecule has 1 aromatic carbocycles. The third-order valence-corrected chi connectivity index (χ3v) is 5.76. The van der Waals surface area contributed by atoms with Gasteiger partial charge in [0.15, 0.2) is 5.82 Å². The SMILES string of the molecule is CCn1nnnc1-c1ccc(OC)c(S(=O)(=O)NC2CCCC2)c1. The van der Waals surface area contributed by atoms with Gasteiger partial charge in [-0.25, -0.2) is 17.8 Å². The molecule has 0 amide bonds. The summed E-state index contributed by atoms with van der Waals surface area (Å²) in [5, 5.41) is 11.5. The highest BCUT2D eigenvalue weighted by Gasteiger charge is 2.26. The smallest absolute Gasteiger partial charge is 0.244 e. The van der Waals surface area contributed by atoms with Gasteiger partial charge in [-0.15, -0.1) is 5.10 Å². The van der Waals surface area contributed by atoms with Gasteiger partial charge in [0.05, 0.1) is 7.11 Å². The lowest BCUT2D eigenvalue weighted by atomic mass is 10.2. The van der Waals surface area contributed by atoms with E-state index in [4.69, 9.17) is 4.74 Å². The average Bonchev–Trinajstić information content (AvgIpc) is 3.25. The number of sulfonamides is 1. The molecule has 0 unspecified atom stereocenters. The molecule has 0 bridgehead atoms. The van der Waals surface area contributed by atoms with Crippen LogP contribution >= 0.6 is 0 Å². The van der Waals surface area contributed by atoms with Crippen molar-refractivity contribution < 1.29 is 13.2 Å². The van der Waals surface area contributed by atoms with Crippen molar-refractivity contribution in [3.8, 4) is 17.1 Å². The van der Waals surface area contributed by atoms with Crippen molar-refractivity contribution in [1.82, 2.24) is 24.9 Å². The molecule has 8 nitrogen and oxygen atoms in total. The highest BCUT2D eigenvalue weighted by atomic mass is 32.2. The van der Waals surface area contributed by atoms with Crippen molar-refractivity contribution in [2.75, 3.05) is 7.11 Å². The third kappa shape index (κ3) is 3.27. The summed E-state index contributed by atoms with van der Waals surface area (Å²) in [6.07, 6.45) is 3.84. The Morgan fingerprint density at radius 1 is 1.33 bits per heavy atom. The van der Waals surface area contributed by atoms with Gasteiger partial charge in [-0.2, -0.15) is 0 Å². The predicted molar refractivity (Wildman–Crippen MR) is 88.1 cm³/mol. The molecule has 0 aliphatic heterocycles. The monoisotopic (exact) mass is 351 g/mol. The number of hydrogen-bond donors (Lipinski definition) is 1. The van der Waals surface area contributed by atoms with Gasteiger partial charge < -0.3 is 4.74 Å². The van der Waals surface area contributed by atoms with Gasteiger partial charge in [0.2, 0.25) is 10.0 Å². The molecule has 1 saturated carbocycles. The van der Waals surface area contributed by atoms with Crippen LogP contribution in [0.4, 0.5) is 0 Å². The van der Waals surface area contributed by atoms with E-state index < -0.39 is 10.0 Å². The van der Waals surface area contributed by atoms with Crippen LogP contribution in [0.5, 0.6) is 5.75 Å². The lowest BCUT2D eigenvalue weighted by Crippen LogP contribution is -2.32. The Kier molecular flexibility index (Phi) is 4.81. The summed E-state index contributed by atoms with van der Waals surface area (Å²) in [6, 6.07) is 4.94. The molecular weight excluding hydrogens is 330 g/mol. The fourth-order valence-corrected chi connectivity index (χ4v) is 4.48. The summed E-state index contributed by atoms with van der Waals surface area (Å²) in [7, 11) is -2.21. The number of aromatic nitrogens is 4. The van der Waals surface area contributed by atoms with E-state index in [1.807, 2.05) is 6.92 Å². The van der Waals surface area contributed by atoms with E-state index in [0.717, 1.165) is 25.7 Å². The summed E-state index contributed by atoms with van der Waals surface area (Å²) in [5.74, 6) is 0.831. The van der Waals surface area contributed by atoms with Crippen LogP contribution in [0.25, 0.3) is 11.4 Å². The van der Waals surface area contributed by atoms with Crippen molar-refractivity contribution in [3.05, 3.63) is 18.2 Å². The molecule has 1 aromatic heterocycles. The van der Waals surface area contributed by atoms with E-state index >= 15 is 0 Å². The normalized spacial score (nSPS) is 15.8. The molecule has 3 rings (SSSR count). The van der Waals surface area contributed by atoms with Crippen molar-refractivity contribution in [3.63, 3.8) is 0 Å². The van der Waals surface area contributed by atoms with E-state index in [0.29, 0.717) is 23.7 Å². The maximum absolute atomic E-state index is 12.8. The number of nitrogens with zero attached hydrogens (tertiary/aromatic N) is 4. The summed E-state index contributed by atoms with van der Waals surface area (Å²) in [4.78, 5) is 0.111. The van der Waals surface area contributed by atoms with Crippen LogP contribution in [0.1, 0.15) is 32.6 Å². The molecule has 0 spiro atoms. The summed E-state index contributed by atoms with van der Waals surface area (Å²) >= 11 is 0. The molecule has 1 heterocycles. The predicted octanol–water partition coefficient (Wildman–Crippen LogP) is 1.59. The van der Waals surface area contributed by atoms with Crippen LogP contribution in [0, 0.1) is 0 Å². The molecular formula is C15H21N5O3S. The maximum Gasteiger partial charge on any atom is 0.244 e. The van der Waals surface area contributed by atoms with Gasteiger partial charge in [0.25, 0.3) is 0 Å². The van der Waals surface area contributed by atoms with Crippen molar-refractivity contribution in [2.45, 2.75) is 50.1 Å². The highest BCUT2D eigenvalue weighted by molar-refractivity contribution is 7.89. The minimum atomic E-state index is -3.67. The Bertz CT molecular complexity index is 812. The zero-order valence-corrected chi connectivity index (χ0v) is 14.6. The Labute approximate surface area is 141 Å². The van der Waals surface area contributed by atoms with Gasteiger partial charge in [-0.3, -0.25) is 0 Å². The standard InChI is InChI=1S/C15H21N5O3S/c1-3-20-15(16-18-19-20)11-8-9-13(23-2)14(10-11)24(21,22)17-12-6-4-5-7-12/h8-10,12,17H,3-7H2,1-2H3. The number of aryl methyl sites for hydroxylation is 1. The number of ether oxygens (including phenoxy) is 1. The number of nitrogens with one attached hydrogen (secondary N) is 1. The van der Waals surface area contributed by atoms with Crippen molar-refractivity contribution >= 4 is 10.0 Å². The summed E-state index contributed by atoms with van der Waals surface area (Å²) < 4.78 is 35.2. The van der Waals surface area contributed by atoms with Gasteiger partial charge in [0, 0.05) is 18.2 Å². The first-order valence-electron chi connectivity index (χ1n) is 8.02. The lowest BCUT2D eigenvalue weighted by Gasteiger charge is -2.15. The molecule has 9 heteroatoms. The number of tetrazole rings is 1. The Balaban J connectivity index is 2.00. The minimum absolute atomic E-state index is 0.00989. The van der Waals surface area contributed by atoms with Crippen LogP contribution in [0.15, 0.2) is 23.1 Å². The molecule has 24 heavy (non-hydrogen) atoms. The number of methoxy groups -OCH3 is 1. The first kappa shape index (κ1) is 16.8. The molecule has 0 atom stereocenters. The van der Waals surface area contributed by atoms with E-state index in [1.54, 1.807) is 22.9 Å². The van der Waals surface area contributed by atoms with Crippen LogP contribution in [0.2, 0.25) is 0 Å². The van der Waals surface area contributed by atoms with Gasteiger partial charge in [0.1, 0.15) is 10.6 Å². The van der Waals surface area contributed by atoms with Crippen LogP contribution in [-0.4, -0.2) is 41.8 Å². The largest absolute Gasteiger partial charge is 0.495 e. The first-order valence-corrected chi connectivity index (χ1v) is 9.50. The molecule has 130 valence electrons. The Morgan fingerprint density at radius 3 is 2.75 bits per heavy atom. The number of hydrogen-bond acceptors (Lipinski definition) is 6. The second kappa shape index (κ2) is 6.86. The average molecular weight is 351 g/mol. The quantitative estimate of drug-likeness (QED) is 0.848. The van der Waals surface area contributed by atoms with Crippen LogP contribution in [0.3, 0.4) is 0 Å². The summed E-state index contributed by atoms with van der Waals surface area (Å²) in [5.41, 5.74) is 0.634. The van der Waals surface area contributed by atoms with Gasteiger partial charge >= 0.3 is 0 Å². The Hall–Kier alpha value is -2.00. The molecule has 2 aromatic rings. The maximum atomic E-state index is 12.8. The summed E-state index contributed by atoms with van der Waals surface area (Å²) in [6.45, 7) is 2.51. The Morgan fingerprint density at radius 2 is 2.08 bits per heavy atom. The minimum Gasteiger partial charge on any atom is -0.495 e. The van der Waals surface area contributed by atoms with E-state index in [-0.39, 0.29) is 10.9 Å². The molecule has 0 radical (unpaired) electrons. The topological polar surface area (TPSA) is 99.0 Å². The molecule has 1 N–H and O–H groups in total. The molecule has 1 aliphatic rings. The van der Waals surface area contributed by atoms with E-state index in [1.165, 1.54) is 7.11 Å². The van der Waals surface area contributed by atoms with Crippen LogP contribution < -0.4 is 9.46 Å². The second-order valence-corrected chi connectivity index (χ2v) is 7.47. The first-order chi connectivity index (χ1) is 11.5. The lowest BCUT2D eigenvalue weighted by molar-refractivity contribution is 0.402. The fourth-order valence-electron chi connectivity index (χ4n) is 2.98. The van der Waals surface area contributed by atoms with Gasteiger partial charge in [-0.1, -0.05) is 12.8 Å². The van der Waals surface area contributed by atoms with Crippen molar-refractivity contribution in [2.24, 2.45) is 0 Å². The van der Waals surface area contributed by atoms with E-state index in [9.17, 15) is 8.42 Å². The van der Waals surface area contributed by atoms with Crippen LogP contribution in [-0.2, 0) is 16.6 Å².